The second-order valence-corrected chi connectivity index (χ2v) is 7.44. The molecule has 6 heteroatoms. The van der Waals surface area contributed by atoms with Crippen LogP contribution in [0.4, 0.5) is 4.79 Å². The standard InChI is InChI=1S/C17H26Cl2N2O2/c1-12(14-11-13(18)7-8-15(14)19)20-9-6-10-21(5)16(22)23-17(2,3)4/h7-8,11-12,20H,6,9-10H2,1-5H3. The highest BCUT2D eigenvalue weighted by Gasteiger charge is 2.19. The largest absolute Gasteiger partial charge is 0.444 e. The molecule has 1 rings (SSSR count). The summed E-state index contributed by atoms with van der Waals surface area (Å²) in [4.78, 5) is 13.4. The van der Waals surface area contributed by atoms with Crippen LogP contribution in [-0.4, -0.2) is 36.7 Å². The molecule has 1 atom stereocenters. The molecule has 1 aromatic rings. The number of hydrogen-bond acceptors (Lipinski definition) is 3. The van der Waals surface area contributed by atoms with Gasteiger partial charge in [0.05, 0.1) is 0 Å². The van der Waals surface area contributed by atoms with Crippen LogP contribution in [0.1, 0.15) is 45.7 Å². The Morgan fingerprint density at radius 1 is 1.35 bits per heavy atom. The van der Waals surface area contributed by atoms with E-state index in [4.69, 9.17) is 27.9 Å². The van der Waals surface area contributed by atoms with Gasteiger partial charge in [0.25, 0.3) is 0 Å². The Balaban J connectivity index is 2.37. The zero-order chi connectivity index (χ0) is 17.6. The molecule has 1 aromatic carbocycles. The Bertz CT molecular complexity index is 530. The molecule has 130 valence electrons. The maximum Gasteiger partial charge on any atom is 0.410 e. The van der Waals surface area contributed by atoms with E-state index in [1.165, 1.54) is 0 Å². The molecule has 0 aliphatic heterocycles. The molecule has 0 aliphatic carbocycles. The molecule has 0 spiro atoms. The van der Waals surface area contributed by atoms with Gasteiger partial charge in [-0.25, -0.2) is 4.79 Å². The van der Waals surface area contributed by atoms with E-state index < -0.39 is 5.60 Å². The number of nitrogens with zero attached hydrogens (tertiary/aromatic N) is 1. The van der Waals surface area contributed by atoms with E-state index in [0.717, 1.165) is 18.5 Å². The van der Waals surface area contributed by atoms with Crippen molar-refractivity contribution in [3.8, 4) is 0 Å². The summed E-state index contributed by atoms with van der Waals surface area (Å²) in [6.45, 7) is 8.99. The van der Waals surface area contributed by atoms with Gasteiger partial charge >= 0.3 is 6.09 Å². The molecule has 0 aliphatic rings. The normalized spacial score (nSPS) is 12.8. The zero-order valence-electron chi connectivity index (χ0n) is 14.5. The first-order valence-corrected chi connectivity index (χ1v) is 8.48. The number of hydrogen-bond donors (Lipinski definition) is 1. The van der Waals surface area contributed by atoms with Crippen LogP contribution in [0.25, 0.3) is 0 Å². The van der Waals surface area contributed by atoms with Gasteiger partial charge < -0.3 is 15.0 Å². The predicted molar refractivity (Wildman–Crippen MR) is 96.4 cm³/mol. The van der Waals surface area contributed by atoms with Crippen molar-refractivity contribution in [2.75, 3.05) is 20.1 Å². The highest BCUT2D eigenvalue weighted by Crippen LogP contribution is 2.26. The minimum absolute atomic E-state index is 0.0908. The maximum absolute atomic E-state index is 11.8. The van der Waals surface area contributed by atoms with Gasteiger partial charge in [-0.05, 0) is 64.4 Å². The summed E-state index contributed by atoms with van der Waals surface area (Å²) in [5, 5.41) is 4.75. The molecular weight excluding hydrogens is 335 g/mol. The number of carbonyl (C=O) groups is 1. The molecule has 0 heterocycles. The highest BCUT2D eigenvalue weighted by atomic mass is 35.5. The van der Waals surface area contributed by atoms with E-state index in [9.17, 15) is 4.79 Å². The van der Waals surface area contributed by atoms with E-state index in [1.54, 1.807) is 24.1 Å². The summed E-state index contributed by atoms with van der Waals surface area (Å²) >= 11 is 12.2. The summed E-state index contributed by atoms with van der Waals surface area (Å²) in [7, 11) is 1.74. The Morgan fingerprint density at radius 2 is 2.00 bits per heavy atom. The monoisotopic (exact) mass is 360 g/mol. The molecule has 0 fully saturated rings. The number of amides is 1. The minimum atomic E-state index is -0.471. The number of rotatable bonds is 6. The van der Waals surface area contributed by atoms with Crippen molar-refractivity contribution in [2.45, 2.75) is 45.8 Å². The molecule has 0 bridgehead atoms. The lowest BCUT2D eigenvalue weighted by Gasteiger charge is -2.25. The maximum atomic E-state index is 11.8. The summed E-state index contributed by atoms with van der Waals surface area (Å²) in [5.74, 6) is 0. The van der Waals surface area contributed by atoms with Crippen molar-refractivity contribution in [3.63, 3.8) is 0 Å². The van der Waals surface area contributed by atoms with Crippen LogP contribution in [0.2, 0.25) is 10.0 Å². The zero-order valence-corrected chi connectivity index (χ0v) is 16.0. The predicted octanol–water partition coefficient (Wildman–Crippen LogP) is 4.90. The SMILES string of the molecule is CC(NCCCN(C)C(=O)OC(C)(C)C)c1cc(Cl)ccc1Cl. The molecule has 0 aromatic heterocycles. The van der Waals surface area contributed by atoms with Gasteiger partial charge in [-0.2, -0.15) is 0 Å². The smallest absolute Gasteiger partial charge is 0.410 e. The summed E-state index contributed by atoms with van der Waals surface area (Å²) in [5.41, 5.74) is 0.501. The van der Waals surface area contributed by atoms with Gasteiger partial charge in [-0.15, -0.1) is 0 Å². The van der Waals surface area contributed by atoms with Crippen LogP contribution in [0, 0.1) is 0 Å². The van der Waals surface area contributed by atoms with Crippen LogP contribution in [0.5, 0.6) is 0 Å². The summed E-state index contributed by atoms with van der Waals surface area (Å²) < 4.78 is 5.31. The van der Waals surface area contributed by atoms with Crippen molar-refractivity contribution >= 4 is 29.3 Å². The second kappa shape index (κ2) is 8.76. The molecule has 1 unspecified atom stereocenters. The van der Waals surface area contributed by atoms with Crippen LogP contribution in [0.15, 0.2) is 18.2 Å². The first-order chi connectivity index (χ1) is 10.6. The fourth-order valence-electron chi connectivity index (χ4n) is 2.02. The van der Waals surface area contributed by atoms with Gasteiger partial charge in [0.1, 0.15) is 5.60 Å². The van der Waals surface area contributed by atoms with E-state index in [1.807, 2.05) is 33.8 Å². The van der Waals surface area contributed by atoms with Crippen LogP contribution >= 0.6 is 23.2 Å². The first-order valence-electron chi connectivity index (χ1n) is 7.72. The third-order valence-corrected chi connectivity index (χ3v) is 3.83. The molecule has 1 amide bonds. The Labute approximate surface area is 149 Å². The molecule has 0 saturated carbocycles. The molecule has 1 N–H and O–H groups in total. The quantitative estimate of drug-likeness (QED) is 0.733. The van der Waals surface area contributed by atoms with Crippen LogP contribution < -0.4 is 5.32 Å². The first kappa shape index (κ1) is 20.1. The van der Waals surface area contributed by atoms with Gasteiger partial charge in [-0.1, -0.05) is 23.2 Å². The lowest BCUT2D eigenvalue weighted by atomic mass is 10.1. The van der Waals surface area contributed by atoms with E-state index >= 15 is 0 Å². The topological polar surface area (TPSA) is 41.6 Å². The van der Waals surface area contributed by atoms with Crippen molar-refractivity contribution in [2.24, 2.45) is 0 Å². The number of halogens is 2. The third-order valence-electron chi connectivity index (χ3n) is 3.25. The number of nitrogens with one attached hydrogen (secondary N) is 1. The van der Waals surface area contributed by atoms with Gasteiger partial charge in [0.2, 0.25) is 0 Å². The second-order valence-electron chi connectivity index (χ2n) is 6.60. The van der Waals surface area contributed by atoms with Crippen molar-refractivity contribution in [3.05, 3.63) is 33.8 Å². The summed E-state index contributed by atoms with van der Waals surface area (Å²) in [6, 6.07) is 5.53. The fraction of sp³-hybridized carbons (Fsp3) is 0.588. The van der Waals surface area contributed by atoms with Crippen molar-refractivity contribution in [1.82, 2.24) is 10.2 Å². The van der Waals surface area contributed by atoms with E-state index in [0.29, 0.717) is 16.6 Å². The van der Waals surface area contributed by atoms with Gasteiger partial charge in [0, 0.05) is 29.7 Å². The average molecular weight is 361 g/mol. The fourth-order valence-corrected chi connectivity index (χ4v) is 2.48. The van der Waals surface area contributed by atoms with Crippen molar-refractivity contribution < 1.29 is 9.53 Å². The average Bonchev–Trinajstić information content (AvgIpc) is 2.43. The number of carbonyl (C=O) groups excluding carboxylic acids is 1. The Morgan fingerprint density at radius 3 is 2.61 bits per heavy atom. The van der Waals surface area contributed by atoms with Gasteiger partial charge in [0.15, 0.2) is 0 Å². The van der Waals surface area contributed by atoms with Crippen LogP contribution in [-0.2, 0) is 4.74 Å². The lowest BCUT2D eigenvalue weighted by molar-refractivity contribution is 0.0297. The molecule has 23 heavy (non-hydrogen) atoms. The van der Waals surface area contributed by atoms with E-state index in [2.05, 4.69) is 5.32 Å². The molecular formula is C17H26Cl2N2O2. The Kier molecular flexibility index (Phi) is 7.65. The number of ether oxygens (including phenoxy) is 1. The third kappa shape index (κ3) is 7.42. The Hall–Kier alpha value is -0.970. The lowest BCUT2D eigenvalue weighted by Crippen LogP contribution is -2.35. The van der Waals surface area contributed by atoms with E-state index in [-0.39, 0.29) is 12.1 Å². The summed E-state index contributed by atoms with van der Waals surface area (Å²) in [6.07, 6.45) is 0.515. The molecule has 0 saturated heterocycles. The minimum Gasteiger partial charge on any atom is -0.444 e. The van der Waals surface area contributed by atoms with Gasteiger partial charge in [-0.3, -0.25) is 0 Å². The molecule has 4 nitrogen and oxygen atoms in total. The van der Waals surface area contributed by atoms with Crippen molar-refractivity contribution in [1.29, 1.82) is 0 Å². The molecule has 0 radical (unpaired) electrons. The number of benzene rings is 1. The highest BCUT2D eigenvalue weighted by molar-refractivity contribution is 6.33. The van der Waals surface area contributed by atoms with Crippen LogP contribution in [0.3, 0.4) is 0 Å².